The Morgan fingerprint density at radius 3 is 2.54 bits per heavy atom. The van der Waals surface area contributed by atoms with Crippen molar-refractivity contribution >= 4 is 35.1 Å². The zero-order chi connectivity index (χ0) is 17.1. The summed E-state index contributed by atoms with van der Waals surface area (Å²) in [6, 6.07) is 11.5. The summed E-state index contributed by atoms with van der Waals surface area (Å²) < 4.78 is 10.5. The number of carbonyl (C=O) groups is 1. The molecule has 0 unspecified atom stereocenters. The van der Waals surface area contributed by atoms with Crippen LogP contribution in [0.15, 0.2) is 46.9 Å². The van der Waals surface area contributed by atoms with Crippen LogP contribution in [-0.2, 0) is 0 Å². The summed E-state index contributed by atoms with van der Waals surface area (Å²) in [5.41, 5.74) is 0.957. The van der Waals surface area contributed by atoms with Gasteiger partial charge in [0.25, 0.3) is 11.8 Å². The largest absolute Gasteiger partial charge is 0.497 e. The van der Waals surface area contributed by atoms with Gasteiger partial charge in [0.1, 0.15) is 5.75 Å². The van der Waals surface area contributed by atoms with Crippen LogP contribution in [0.5, 0.6) is 5.75 Å². The number of methoxy groups -OCH3 is 1. The number of aromatic nitrogens is 2. The molecule has 1 heterocycles. The number of anilines is 1. The molecule has 0 saturated carbocycles. The Bertz CT molecular complexity index is 879. The Morgan fingerprint density at radius 1 is 1.12 bits per heavy atom. The van der Waals surface area contributed by atoms with E-state index in [0.717, 1.165) is 0 Å². The molecule has 0 bridgehead atoms. The third-order valence-electron chi connectivity index (χ3n) is 3.16. The highest BCUT2D eigenvalue weighted by atomic mass is 35.5. The lowest BCUT2D eigenvalue weighted by atomic mass is 10.2. The van der Waals surface area contributed by atoms with Gasteiger partial charge < -0.3 is 9.15 Å². The van der Waals surface area contributed by atoms with E-state index in [1.807, 2.05) is 0 Å². The average molecular weight is 364 g/mol. The first-order valence-electron chi connectivity index (χ1n) is 6.81. The molecule has 3 aromatic rings. The summed E-state index contributed by atoms with van der Waals surface area (Å²) >= 11 is 11.9. The predicted octanol–water partition coefficient (Wildman–Crippen LogP) is 4.30. The molecule has 0 atom stereocenters. The normalized spacial score (nSPS) is 10.5. The highest BCUT2D eigenvalue weighted by Crippen LogP contribution is 2.30. The second kappa shape index (κ2) is 6.90. The van der Waals surface area contributed by atoms with Gasteiger partial charge in [-0.1, -0.05) is 28.3 Å². The molecule has 0 radical (unpaired) electrons. The third kappa shape index (κ3) is 3.50. The van der Waals surface area contributed by atoms with E-state index < -0.39 is 0 Å². The number of carbonyl (C=O) groups excluding carboxylic acids is 1. The van der Waals surface area contributed by atoms with Gasteiger partial charge in [-0.2, -0.15) is 0 Å². The number of amides is 1. The van der Waals surface area contributed by atoms with Crippen LogP contribution in [0.1, 0.15) is 10.4 Å². The first-order chi connectivity index (χ1) is 11.6. The Hall–Kier alpha value is -2.57. The quantitative estimate of drug-likeness (QED) is 0.747. The Labute approximate surface area is 147 Å². The first kappa shape index (κ1) is 16.3. The number of halogens is 2. The number of benzene rings is 2. The zero-order valence-corrected chi connectivity index (χ0v) is 13.9. The monoisotopic (exact) mass is 363 g/mol. The maximum atomic E-state index is 12.1. The summed E-state index contributed by atoms with van der Waals surface area (Å²) in [6.45, 7) is 0. The summed E-state index contributed by atoms with van der Waals surface area (Å²) in [5.74, 6) is 0.459. The molecule has 8 heteroatoms. The maximum Gasteiger partial charge on any atom is 0.322 e. The Balaban J connectivity index is 1.76. The van der Waals surface area contributed by atoms with E-state index in [4.69, 9.17) is 32.4 Å². The predicted molar refractivity (Wildman–Crippen MR) is 90.7 cm³/mol. The third-order valence-corrected chi connectivity index (χ3v) is 3.71. The molecule has 0 aliphatic carbocycles. The van der Waals surface area contributed by atoms with Gasteiger partial charge in [-0.3, -0.25) is 10.1 Å². The van der Waals surface area contributed by atoms with Gasteiger partial charge in [-0.25, -0.2) is 0 Å². The van der Waals surface area contributed by atoms with Crippen LogP contribution in [0.2, 0.25) is 10.0 Å². The summed E-state index contributed by atoms with van der Waals surface area (Å²) in [6.07, 6.45) is 0. The van der Waals surface area contributed by atoms with Crippen molar-refractivity contribution in [3.05, 3.63) is 58.1 Å². The minimum Gasteiger partial charge on any atom is -0.497 e. The van der Waals surface area contributed by atoms with Gasteiger partial charge in [-0.05, 0) is 42.5 Å². The molecule has 0 fully saturated rings. The molecule has 1 N–H and O–H groups in total. The van der Waals surface area contributed by atoms with Gasteiger partial charge in [0.2, 0.25) is 0 Å². The average Bonchev–Trinajstić information content (AvgIpc) is 3.03. The van der Waals surface area contributed by atoms with Crippen molar-refractivity contribution in [1.29, 1.82) is 0 Å². The number of nitrogens with zero attached hydrogens (tertiary/aromatic N) is 2. The molecule has 3 rings (SSSR count). The van der Waals surface area contributed by atoms with Crippen molar-refractivity contribution in [3.8, 4) is 17.2 Å². The van der Waals surface area contributed by atoms with Gasteiger partial charge in [-0.15, -0.1) is 5.10 Å². The SMILES string of the molecule is COc1ccc(C(=O)Nc2nnc(-c3ccc(Cl)cc3Cl)o2)cc1. The fraction of sp³-hybridized carbons (Fsp3) is 0.0625. The van der Waals surface area contributed by atoms with E-state index in [9.17, 15) is 4.79 Å². The lowest BCUT2D eigenvalue weighted by molar-refractivity contribution is 0.102. The molecule has 0 saturated heterocycles. The topological polar surface area (TPSA) is 77.2 Å². The summed E-state index contributed by atoms with van der Waals surface area (Å²) in [5, 5.41) is 11.1. The van der Waals surface area contributed by atoms with E-state index in [1.165, 1.54) is 0 Å². The van der Waals surface area contributed by atoms with Crippen LogP contribution in [-0.4, -0.2) is 23.2 Å². The van der Waals surface area contributed by atoms with Crippen LogP contribution in [0.4, 0.5) is 6.01 Å². The molecule has 122 valence electrons. The second-order valence-electron chi connectivity index (χ2n) is 4.72. The van der Waals surface area contributed by atoms with Crippen LogP contribution < -0.4 is 10.1 Å². The highest BCUT2D eigenvalue weighted by molar-refractivity contribution is 6.36. The maximum absolute atomic E-state index is 12.1. The van der Waals surface area contributed by atoms with Crippen LogP contribution in [0.3, 0.4) is 0 Å². The van der Waals surface area contributed by atoms with E-state index >= 15 is 0 Å². The van der Waals surface area contributed by atoms with E-state index in [1.54, 1.807) is 49.6 Å². The molecule has 6 nitrogen and oxygen atoms in total. The fourth-order valence-electron chi connectivity index (χ4n) is 1.96. The van der Waals surface area contributed by atoms with Crippen LogP contribution in [0, 0.1) is 0 Å². The first-order valence-corrected chi connectivity index (χ1v) is 7.57. The molecule has 0 spiro atoms. The number of rotatable bonds is 4. The van der Waals surface area contributed by atoms with Gasteiger partial charge in [0.15, 0.2) is 0 Å². The highest BCUT2D eigenvalue weighted by Gasteiger charge is 2.15. The summed E-state index contributed by atoms with van der Waals surface area (Å²) in [7, 11) is 1.55. The number of hydrogen-bond donors (Lipinski definition) is 1. The lowest BCUT2D eigenvalue weighted by Crippen LogP contribution is -2.11. The molecule has 0 aliphatic heterocycles. The van der Waals surface area contributed by atoms with Crippen LogP contribution >= 0.6 is 23.2 Å². The lowest BCUT2D eigenvalue weighted by Gasteiger charge is -2.02. The van der Waals surface area contributed by atoms with E-state index in [2.05, 4.69) is 15.5 Å². The molecule has 0 aliphatic rings. The zero-order valence-electron chi connectivity index (χ0n) is 12.4. The van der Waals surface area contributed by atoms with E-state index in [-0.39, 0.29) is 17.8 Å². The molecule has 1 aromatic heterocycles. The van der Waals surface area contributed by atoms with Crippen molar-refractivity contribution in [1.82, 2.24) is 10.2 Å². The van der Waals surface area contributed by atoms with Crippen molar-refractivity contribution < 1.29 is 13.9 Å². The van der Waals surface area contributed by atoms with Gasteiger partial charge >= 0.3 is 6.01 Å². The standard InChI is InChI=1S/C16H11Cl2N3O3/c1-23-11-5-2-9(3-6-11)14(22)19-16-21-20-15(24-16)12-7-4-10(17)8-13(12)18/h2-8H,1H3,(H,19,21,22). The van der Waals surface area contributed by atoms with Crippen molar-refractivity contribution in [2.75, 3.05) is 12.4 Å². The minimum absolute atomic E-state index is 0.0307. The number of ether oxygens (including phenoxy) is 1. The smallest absolute Gasteiger partial charge is 0.322 e. The van der Waals surface area contributed by atoms with E-state index in [0.29, 0.717) is 26.9 Å². The molecule has 24 heavy (non-hydrogen) atoms. The van der Waals surface area contributed by atoms with Gasteiger partial charge in [0.05, 0.1) is 17.7 Å². The number of nitrogens with one attached hydrogen (secondary N) is 1. The number of hydrogen-bond acceptors (Lipinski definition) is 5. The fourth-order valence-corrected chi connectivity index (χ4v) is 2.45. The van der Waals surface area contributed by atoms with Gasteiger partial charge in [0, 0.05) is 10.6 Å². The van der Waals surface area contributed by atoms with Crippen molar-refractivity contribution in [3.63, 3.8) is 0 Å². The molecule has 2 aromatic carbocycles. The van der Waals surface area contributed by atoms with Crippen molar-refractivity contribution in [2.45, 2.75) is 0 Å². The molecular weight excluding hydrogens is 353 g/mol. The Morgan fingerprint density at radius 2 is 1.88 bits per heavy atom. The second-order valence-corrected chi connectivity index (χ2v) is 5.56. The molecular formula is C16H11Cl2N3O3. The van der Waals surface area contributed by atoms with Crippen molar-refractivity contribution in [2.24, 2.45) is 0 Å². The molecule has 1 amide bonds. The Kier molecular flexibility index (Phi) is 4.69. The summed E-state index contributed by atoms with van der Waals surface area (Å²) in [4.78, 5) is 12.1. The minimum atomic E-state index is -0.380. The van der Waals surface area contributed by atoms with Crippen LogP contribution in [0.25, 0.3) is 11.5 Å².